The number of ether oxygens (including phenoxy) is 4. The number of nitrogens with two attached hydrogens (primary N) is 1. The molecule has 0 aliphatic carbocycles. The molecule has 2 heterocycles. The van der Waals surface area contributed by atoms with Gasteiger partial charge in [-0.3, -0.25) is 4.74 Å². The van der Waals surface area contributed by atoms with E-state index in [1.807, 2.05) is 0 Å². The molecular weight excluding hydrogens is 378 g/mol. The number of carbonyl (C=O) groups excluding carboxylic acids is 1. The van der Waals surface area contributed by atoms with Crippen molar-refractivity contribution in [2.45, 2.75) is 54.5 Å². The Balaban J connectivity index is 2.45. The Hall–Kier alpha value is -1.17. The van der Waals surface area contributed by atoms with Gasteiger partial charge in [-0.15, -0.1) is 0 Å². The van der Waals surface area contributed by atoms with E-state index in [9.17, 15) is 45.6 Å². The second kappa shape index (κ2) is 8.06. The summed E-state index contributed by atoms with van der Waals surface area (Å²) in [7, 11) is 0. The molecule has 1 amide bonds. The van der Waals surface area contributed by atoms with Gasteiger partial charge in [-0.2, -0.15) is 0 Å². The van der Waals surface area contributed by atoms with Crippen molar-refractivity contribution in [1.29, 1.82) is 0 Å². The molecule has 9 atom stereocenters. The first-order chi connectivity index (χ1) is 12.6. The van der Waals surface area contributed by atoms with Gasteiger partial charge in [-0.05, 0) is 0 Å². The van der Waals surface area contributed by atoms with Gasteiger partial charge in [0.05, 0.1) is 13.2 Å². The van der Waals surface area contributed by atoms with Crippen LogP contribution in [0.1, 0.15) is 0 Å². The number of hydrogen-bond donors (Lipinski definition) is 9. The summed E-state index contributed by atoms with van der Waals surface area (Å²) in [4.78, 5) is 11.3. The molecular formula is C13H23NO13. The first-order valence-corrected chi connectivity index (χ1v) is 7.84. The quantitative estimate of drug-likeness (QED) is 0.188. The van der Waals surface area contributed by atoms with Crippen molar-refractivity contribution >= 4 is 6.09 Å². The van der Waals surface area contributed by atoms with E-state index in [4.69, 9.17) is 19.9 Å². The summed E-state index contributed by atoms with van der Waals surface area (Å²) in [5.74, 6) is -5.67. The van der Waals surface area contributed by atoms with E-state index in [1.54, 1.807) is 0 Å². The Morgan fingerprint density at radius 2 is 1.44 bits per heavy atom. The molecule has 1 unspecified atom stereocenters. The van der Waals surface area contributed by atoms with Crippen LogP contribution in [0.15, 0.2) is 0 Å². The van der Waals surface area contributed by atoms with Gasteiger partial charge in [0, 0.05) is 0 Å². The predicted octanol–water partition coefficient (Wildman–Crippen LogP) is -5.97. The van der Waals surface area contributed by atoms with Crippen molar-refractivity contribution in [2.75, 3.05) is 19.8 Å². The van der Waals surface area contributed by atoms with E-state index in [2.05, 4.69) is 4.74 Å². The largest absolute Gasteiger partial charge is 0.408 e. The van der Waals surface area contributed by atoms with Crippen LogP contribution in [-0.2, 0) is 18.9 Å². The average molecular weight is 401 g/mol. The first kappa shape index (κ1) is 22.1. The van der Waals surface area contributed by atoms with Crippen molar-refractivity contribution in [3.8, 4) is 0 Å². The van der Waals surface area contributed by atoms with Gasteiger partial charge >= 0.3 is 12.1 Å². The SMILES string of the molecule is NC(=O)O[C@@]1(OC2(CO)O[C@H](CO)[C@@H](O)[C@@H]2O)O[C@H](CO)[C@@H](O)[C@H](O)[C@H]1O. The summed E-state index contributed by atoms with van der Waals surface area (Å²) in [6, 6.07) is 0. The normalized spacial score (nSPS) is 47.8. The van der Waals surface area contributed by atoms with Gasteiger partial charge in [0.25, 0.3) is 0 Å². The number of aliphatic hydroxyl groups excluding tert-OH is 8. The highest BCUT2D eigenvalue weighted by Crippen LogP contribution is 2.41. The molecule has 0 saturated carbocycles. The number of amides is 1. The Kier molecular flexibility index (Phi) is 6.60. The van der Waals surface area contributed by atoms with Gasteiger partial charge in [0.1, 0.15) is 43.2 Å². The lowest BCUT2D eigenvalue weighted by Gasteiger charge is -2.48. The molecule has 2 aliphatic heterocycles. The zero-order valence-corrected chi connectivity index (χ0v) is 13.9. The number of rotatable bonds is 6. The number of hydrogen-bond acceptors (Lipinski definition) is 13. The average Bonchev–Trinajstić information content (AvgIpc) is 2.87. The second-order valence-corrected chi connectivity index (χ2v) is 6.14. The standard InChI is InChI=1S/C13H23NO13/c14-11(23)26-13(10(22)8(20)6(18)4(1-15)25-13)27-12(3-17)9(21)7(19)5(2-16)24-12/h4-10,15-22H,1-3H2,(H2,14,23)/t4-,5-,6-,7-,8+,9+,10-,12?,13+/m1/s1. The number of carbonyl (C=O) groups is 1. The highest BCUT2D eigenvalue weighted by Gasteiger charge is 2.65. The van der Waals surface area contributed by atoms with E-state index < -0.39 is 80.4 Å². The summed E-state index contributed by atoms with van der Waals surface area (Å²) in [6.45, 7) is -2.95. The summed E-state index contributed by atoms with van der Waals surface area (Å²) < 4.78 is 20.0. The molecule has 10 N–H and O–H groups in total. The van der Waals surface area contributed by atoms with Crippen molar-refractivity contribution in [1.82, 2.24) is 0 Å². The Labute approximate surface area is 151 Å². The maximum Gasteiger partial charge on any atom is 0.408 e. The monoisotopic (exact) mass is 401 g/mol. The lowest BCUT2D eigenvalue weighted by Crippen LogP contribution is -2.71. The van der Waals surface area contributed by atoms with Crippen LogP contribution in [0.2, 0.25) is 0 Å². The minimum Gasteiger partial charge on any atom is -0.394 e. The minimum atomic E-state index is -3.06. The van der Waals surface area contributed by atoms with Crippen molar-refractivity contribution in [2.24, 2.45) is 5.73 Å². The molecule has 2 saturated heterocycles. The van der Waals surface area contributed by atoms with Crippen LogP contribution in [0.4, 0.5) is 4.79 Å². The Bertz CT molecular complexity index is 534. The van der Waals surface area contributed by atoms with Crippen molar-refractivity contribution in [3.05, 3.63) is 0 Å². The summed E-state index contributed by atoms with van der Waals surface area (Å²) in [5, 5.41) is 78.2. The summed E-state index contributed by atoms with van der Waals surface area (Å²) in [5.41, 5.74) is 4.92. The molecule has 2 fully saturated rings. The van der Waals surface area contributed by atoms with E-state index >= 15 is 0 Å². The molecule has 0 spiro atoms. The third-order valence-electron chi connectivity index (χ3n) is 4.38. The van der Waals surface area contributed by atoms with Gasteiger partial charge in [-0.25, -0.2) is 4.79 Å². The molecule has 14 nitrogen and oxygen atoms in total. The third-order valence-corrected chi connectivity index (χ3v) is 4.38. The highest BCUT2D eigenvalue weighted by atomic mass is 16.9. The van der Waals surface area contributed by atoms with E-state index in [0.29, 0.717) is 0 Å². The van der Waals surface area contributed by atoms with Crippen LogP contribution < -0.4 is 5.73 Å². The smallest absolute Gasteiger partial charge is 0.394 e. The number of aliphatic hydroxyl groups is 8. The fourth-order valence-electron chi connectivity index (χ4n) is 2.93. The zero-order valence-electron chi connectivity index (χ0n) is 13.9. The maximum absolute atomic E-state index is 11.3. The number of primary amides is 1. The van der Waals surface area contributed by atoms with E-state index in [0.717, 1.165) is 0 Å². The third kappa shape index (κ3) is 3.74. The van der Waals surface area contributed by atoms with Crippen LogP contribution in [0.25, 0.3) is 0 Å². The van der Waals surface area contributed by atoms with Crippen molar-refractivity contribution in [3.63, 3.8) is 0 Å². The van der Waals surface area contributed by atoms with Crippen LogP contribution in [-0.4, -0.2) is 121 Å². The minimum absolute atomic E-state index is 0.809. The van der Waals surface area contributed by atoms with E-state index in [1.165, 1.54) is 0 Å². The maximum atomic E-state index is 11.3. The van der Waals surface area contributed by atoms with Crippen LogP contribution in [0, 0.1) is 0 Å². The van der Waals surface area contributed by atoms with Gasteiger partial charge in [0.15, 0.2) is 6.10 Å². The van der Waals surface area contributed by atoms with Crippen LogP contribution in [0.3, 0.4) is 0 Å². The molecule has 2 rings (SSSR count). The Morgan fingerprint density at radius 1 is 0.889 bits per heavy atom. The molecule has 27 heavy (non-hydrogen) atoms. The molecule has 0 radical (unpaired) electrons. The molecule has 0 aromatic carbocycles. The molecule has 14 heteroatoms. The molecule has 0 aromatic heterocycles. The van der Waals surface area contributed by atoms with Gasteiger partial charge < -0.3 is 60.8 Å². The topological polar surface area (TPSA) is 242 Å². The lowest BCUT2D eigenvalue weighted by molar-refractivity contribution is -0.496. The fraction of sp³-hybridized carbons (Fsp3) is 0.923. The van der Waals surface area contributed by atoms with Gasteiger partial charge in [-0.1, -0.05) is 0 Å². The van der Waals surface area contributed by atoms with E-state index in [-0.39, 0.29) is 0 Å². The molecule has 0 bridgehead atoms. The zero-order chi connectivity index (χ0) is 20.6. The molecule has 158 valence electrons. The first-order valence-electron chi connectivity index (χ1n) is 7.84. The second-order valence-electron chi connectivity index (χ2n) is 6.14. The van der Waals surface area contributed by atoms with Crippen molar-refractivity contribution < 1.29 is 64.6 Å². The van der Waals surface area contributed by atoms with Gasteiger partial charge in [0.2, 0.25) is 5.79 Å². The predicted molar refractivity (Wildman–Crippen MR) is 78.3 cm³/mol. The molecule has 0 aromatic rings. The summed E-state index contributed by atoms with van der Waals surface area (Å²) >= 11 is 0. The highest BCUT2D eigenvalue weighted by molar-refractivity contribution is 5.65. The van der Waals surface area contributed by atoms with Crippen LogP contribution in [0.5, 0.6) is 0 Å². The lowest BCUT2D eigenvalue weighted by atomic mass is 9.97. The summed E-state index contributed by atoms with van der Waals surface area (Å²) in [6.07, 6.45) is -14.8. The molecule has 2 aliphatic rings. The Morgan fingerprint density at radius 3 is 1.89 bits per heavy atom. The fourth-order valence-corrected chi connectivity index (χ4v) is 2.93. The van der Waals surface area contributed by atoms with Crippen LogP contribution >= 0.6 is 0 Å².